The summed E-state index contributed by atoms with van der Waals surface area (Å²) < 4.78 is 0. The minimum atomic E-state index is -0.476. The monoisotopic (exact) mass is 222 g/mol. The smallest absolute Gasteiger partial charge is 0.237 e. The average molecular weight is 222 g/mol. The highest BCUT2D eigenvalue weighted by molar-refractivity contribution is 5.81. The maximum Gasteiger partial charge on any atom is 0.237 e. The van der Waals surface area contributed by atoms with E-state index in [0.717, 1.165) is 6.42 Å². The summed E-state index contributed by atoms with van der Waals surface area (Å²) in [5.41, 5.74) is 0. The number of nitrogens with zero attached hydrogens (tertiary/aromatic N) is 1. The zero-order valence-corrected chi connectivity index (χ0v) is 10.3. The molecule has 0 heterocycles. The van der Waals surface area contributed by atoms with Crippen molar-refractivity contribution >= 4 is 5.91 Å². The fraction of sp³-hybridized carbons (Fsp3) is 0.846. The van der Waals surface area contributed by atoms with Gasteiger partial charge in [-0.15, -0.1) is 0 Å². The molecule has 16 heavy (non-hydrogen) atoms. The normalized spacial score (nSPS) is 27.6. The van der Waals surface area contributed by atoms with Crippen LogP contribution in [-0.4, -0.2) is 11.9 Å². The molecule has 1 N–H and O–H groups in total. The third-order valence-corrected chi connectivity index (χ3v) is 3.57. The second-order valence-corrected chi connectivity index (χ2v) is 4.82. The Labute approximate surface area is 98.2 Å². The number of nitriles is 1. The van der Waals surface area contributed by atoms with E-state index >= 15 is 0 Å². The first kappa shape index (κ1) is 13.0. The molecule has 0 radical (unpaired) electrons. The zero-order chi connectivity index (χ0) is 12.0. The zero-order valence-electron chi connectivity index (χ0n) is 10.3. The van der Waals surface area contributed by atoms with E-state index in [2.05, 4.69) is 18.3 Å². The number of hydrogen-bond donors (Lipinski definition) is 1. The molecule has 3 heteroatoms. The van der Waals surface area contributed by atoms with Gasteiger partial charge in [0, 0.05) is 6.04 Å². The minimum absolute atomic E-state index is 0.0799. The van der Waals surface area contributed by atoms with E-state index in [9.17, 15) is 4.79 Å². The maximum absolute atomic E-state index is 11.8. The van der Waals surface area contributed by atoms with Crippen molar-refractivity contribution in [3.63, 3.8) is 0 Å². The van der Waals surface area contributed by atoms with Crippen LogP contribution in [0, 0.1) is 23.2 Å². The quantitative estimate of drug-likeness (QED) is 0.746. The minimum Gasteiger partial charge on any atom is -0.352 e. The van der Waals surface area contributed by atoms with Crippen molar-refractivity contribution < 1.29 is 4.79 Å². The van der Waals surface area contributed by atoms with Crippen LogP contribution in [0.5, 0.6) is 0 Å². The van der Waals surface area contributed by atoms with Crippen molar-refractivity contribution in [1.82, 2.24) is 5.32 Å². The second kappa shape index (κ2) is 6.52. The molecule has 1 saturated carbocycles. The van der Waals surface area contributed by atoms with Crippen LogP contribution < -0.4 is 5.32 Å². The standard InChI is InChI=1S/C13H22N2O/c1-3-11(9-14)13(16)15-12-8-6-4-5-7-10(12)2/h10-12H,3-8H2,1-2H3,(H,15,16). The summed E-state index contributed by atoms with van der Waals surface area (Å²) in [5.74, 6) is -0.0122. The third kappa shape index (κ3) is 3.52. The summed E-state index contributed by atoms with van der Waals surface area (Å²) >= 11 is 0. The van der Waals surface area contributed by atoms with Crippen LogP contribution in [-0.2, 0) is 4.79 Å². The van der Waals surface area contributed by atoms with E-state index in [1.54, 1.807) is 0 Å². The number of hydrogen-bond acceptors (Lipinski definition) is 2. The SMILES string of the molecule is CCC(C#N)C(=O)NC1CCCCCC1C. The van der Waals surface area contributed by atoms with Crippen molar-refractivity contribution in [3.8, 4) is 6.07 Å². The van der Waals surface area contributed by atoms with Gasteiger partial charge < -0.3 is 5.32 Å². The van der Waals surface area contributed by atoms with Crippen LogP contribution >= 0.6 is 0 Å². The Morgan fingerprint density at radius 1 is 1.44 bits per heavy atom. The average Bonchev–Trinajstić information content (AvgIpc) is 2.46. The Bertz CT molecular complexity index is 270. The predicted octanol–water partition coefficient (Wildman–Crippen LogP) is 2.62. The van der Waals surface area contributed by atoms with Gasteiger partial charge in [0.25, 0.3) is 0 Å². The lowest BCUT2D eigenvalue weighted by molar-refractivity contribution is -0.124. The highest BCUT2D eigenvalue weighted by atomic mass is 16.1. The molecule has 90 valence electrons. The van der Waals surface area contributed by atoms with Gasteiger partial charge >= 0.3 is 0 Å². The van der Waals surface area contributed by atoms with Crippen LogP contribution in [0.4, 0.5) is 0 Å². The molecule has 1 aliphatic carbocycles. The van der Waals surface area contributed by atoms with E-state index in [1.165, 1.54) is 25.7 Å². The fourth-order valence-corrected chi connectivity index (χ4v) is 2.33. The van der Waals surface area contributed by atoms with Crippen LogP contribution in [0.1, 0.15) is 52.4 Å². The summed E-state index contributed by atoms with van der Waals surface area (Å²) in [7, 11) is 0. The first-order valence-corrected chi connectivity index (χ1v) is 6.39. The molecule has 1 amide bonds. The number of rotatable bonds is 3. The van der Waals surface area contributed by atoms with E-state index in [1.807, 2.05) is 6.92 Å². The van der Waals surface area contributed by atoms with E-state index in [4.69, 9.17) is 5.26 Å². The fourth-order valence-electron chi connectivity index (χ4n) is 2.33. The maximum atomic E-state index is 11.8. The summed E-state index contributed by atoms with van der Waals surface area (Å²) in [4.78, 5) is 11.8. The summed E-state index contributed by atoms with van der Waals surface area (Å²) in [6.07, 6.45) is 6.58. The molecule has 0 bridgehead atoms. The van der Waals surface area contributed by atoms with Crippen LogP contribution in [0.15, 0.2) is 0 Å². The number of amides is 1. The Morgan fingerprint density at radius 3 is 2.75 bits per heavy atom. The third-order valence-electron chi connectivity index (χ3n) is 3.57. The first-order chi connectivity index (χ1) is 7.69. The molecule has 3 nitrogen and oxygen atoms in total. The summed E-state index contributed by atoms with van der Waals surface area (Å²) in [5, 5.41) is 11.9. The molecule has 3 atom stereocenters. The van der Waals surface area contributed by atoms with Crippen molar-refractivity contribution in [1.29, 1.82) is 5.26 Å². The molecule has 1 fully saturated rings. The Morgan fingerprint density at radius 2 is 2.12 bits per heavy atom. The van der Waals surface area contributed by atoms with Crippen molar-refractivity contribution in [2.45, 2.75) is 58.4 Å². The molecular weight excluding hydrogens is 200 g/mol. The lowest BCUT2D eigenvalue weighted by Crippen LogP contribution is -2.41. The van der Waals surface area contributed by atoms with Gasteiger partial charge in [-0.25, -0.2) is 0 Å². The molecule has 1 rings (SSSR count). The van der Waals surface area contributed by atoms with Gasteiger partial charge in [0.15, 0.2) is 0 Å². The van der Waals surface area contributed by atoms with Gasteiger partial charge in [-0.1, -0.05) is 33.1 Å². The van der Waals surface area contributed by atoms with Crippen LogP contribution in [0.3, 0.4) is 0 Å². The van der Waals surface area contributed by atoms with E-state index in [-0.39, 0.29) is 11.9 Å². The molecule has 0 aromatic heterocycles. The molecule has 0 aromatic rings. The molecule has 0 aromatic carbocycles. The number of nitrogens with one attached hydrogen (secondary N) is 1. The topological polar surface area (TPSA) is 52.9 Å². The first-order valence-electron chi connectivity index (χ1n) is 6.39. The van der Waals surface area contributed by atoms with Crippen molar-refractivity contribution in [2.24, 2.45) is 11.8 Å². The van der Waals surface area contributed by atoms with Crippen LogP contribution in [0.2, 0.25) is 0 Å². The number of carbonyl (C=O) groups is 1. The van der Waals surface area contributed by atoms with Crippen molar-refractivity contribution in [3.05, 3.63) is 0 Å². The molecule has 3 unspecified atom stereocenters. The van der Waals surface area contributed by atoms with E-state index in [0.29, 0.717) is 12.3 Å². The molecule has 0 spiro atoms. The van der Waals surface area contributed by atoms with Gasteiger partial charge in [-0.2, -0.15) is 5.26 Å². The predicted molar refractivity (Wildman–Crippen MR) is 63.6 cm³/mol. The molecule has 0 aliphatic heterocycles. The number of carbonyl (C=O) groups excluding carboxylic acids is 1. The van der Waals surface area contributed by atoms with Gasteiger partial charge in [-0.05, 0) is 25.2 Å². The van der Waals surface area contributed by atoms with E-state index < -0.39 is 5.92 Å². The van der Waals surface area contributed by atoms with Gasteiger partial charge in [-0.3, -0.25) is 4.79 Å². The molecular formula is C13H22N2O. The highest BCUT2D eigenvalue weighted by Crippen LogP contribution is 2.23. The second-order valence-electron chi connectivity index (χ2n) is 4.82. The Hall–Kier alpha value is -1.04. The van der Waals surface area contributed by atoms with Gasteiger partial charge in [0.1, 0.15) is 5.92 Å². The largest absolute Gasteiger partial charge is 0.352 e. The van der Waals surface area contributed by atoms with Crippen molar-refractivity contribution in [2.75, 3.05) is 0 Å². The Kier molecular flexibility index (Phi) is 5.31. The summed E-state index contributed by atoms with van der Waals surface area (Å²) in [6.45, 7) is 4.08. The lowest BCUT2D eigenvalue weighted by atomic mass is 9.96. The van der Waals surface area contributed by atoms with Gasteiger partial charge in [0.05, 0.1) is 6.07 Å². The Balaban J connectivity index is 2.51. The summed E-state index contributed by atoms with van der Waals surface area (Å²) in [6, 6.07) is 2.33. The molecule has 1 aliphatic rings. The van der Waals surface area contributed by atoms with Gasteiger partial charge in [0.2, 0.25) is 5.91 Å². The lowest BCUT2D eigenvalue weighted by Gasteiger charge is -2.23. The highest BCUT2D eigenvalue weighted by Gasteiger charge is 2.24. The molecule has 0 saturated heterocycles. The van der Waals surface area contributed by atoms with Crippen LogP contribution in [0.25, 0.3) is 0 Å².